The van der Waals surface area contributed by atoms with Crippen LogP contribution in [0.1, 0.15) is 47.4 Å². The summed E-state index contributed by atoms with van der Waals surface area (Å²) in [6.07, 6.45) is 1.74. The standard InChI is InChI=1S/C25H26ClN3O4S/c1-15(2)27-23(31)17-8-9-20-21(12-17)28-25(29(24(20)32)13-19-7-4-10-33-19)34-14-22(30)16-5-3-6-18(26)11-16/h3,5-6,8-9,11-12,15,19H,4,7,10,13-14H2,1-2H3,(H,27,31). The maximum Gasteiger partial charge on any atom is 0.262 e. The van der Waals surface area contributed by atoms with Gasteiger partial charge >= 0.3 is 0 Å². The Labute approximate surface area is 206 Å². The normalized spacial score (nSPS) is 15.7. The highest BCUT2D eigenvalue weighted by atomic mass is 35.5. The molecule has 1 aromatic heterocycles. The number of hydrogen-bond acceptors (Lipinski definition) is 6. The summed E-state index contributed by atoms with van der Waals surface area (Å²) in [7, 11) is 0. The first kappa shape index (κ1) is 24.4. The number of nitrogens with one attached hydrogen (secondary N) is 1. The van der Waals surface area contributed by atoms with E-state index in [2.05, 4.69) is 5.32 Å². The number of rotatable bonds is 8. The molecule has 178 valence electrons. The SMILES string of the molecule is CC(C)NC(=O)c1ccc2c(=O)n(CC3CCCO3)c(SCC(=O)c3cccc(Cl)c3)nc2c1. The van der Waals surface area contributed by atoms with Gasteiger partial charge in [-0.2, -0.15) is 0 Å². The van der Waals surface area contributed by atoms with Gasteiger partial charge < -0.3 is 10.1 Å². The van der Waals surface area contributed by atoms with Crippen molar-refractivity contribution in [1.82, 2.24) is 14.9 Å². The topological polar surface area (TPSA) is 90.3 Å². The highest BCUT2D eigenvalue weighted by Crippen LogP contribution is 2.23. The molecule has 0 saturated carbocycles. The molecule has 0 radical (unpaired) electrons. The molecular weight excluding hydrogens is 474 g/mol. The van der Waals surface area contributed by atoms with Crippen molar-refractivity contribution in [3.8, 4) is 0 Å². The first-order valence-electron chi connectivity index (χ1n) is 11.2. The maximum absolute atomic E-state index is 13.4. The van der Waals surface area contributed by atoms with Crippen LogP contribution >= 0.6 is 23.4 Å². The smallest absolute Gasteiger partial charge is 0.262 e. The summed E-state index contributed by atoms with van der Waals surface area (Å²) >= 11 is 7.22. The van der Waals surface area contributed by atoms with E-state index < -0.39 is 0 Å². The fourth-order valence-corrected chi connectivity index (χ4v) is 4.92. The first-order chi connectivity index (χ1) is 16.3. The van der Waals surface area contributed by atoms with Crippen LogP contribution in [0.3, 0.4) is 0 Å². The van der Waals surface area contributed by atoms with E-state index in [1.165, 1.54) is 11.8 Å². The Balaban J connectivity index is 1.69. The van der Waals surface area contributed by atoms with Crippen molar-refractivity contribution in [2.75, 3.05) is 12.4 Å². The molecule has 1 saturated heterocycles. The van der Waals surface area contributed by atoms with Crippen LogP contribution in [0.4, 0.5) is 0 Å². The molecule has 0 aliphatic carbocycles. The largest absolute Gasteiger partial charge is 0.376 e. The molecule has 0 spiro atoms. The number of halogens is 1. The minimum atomic E-state index is -0.229. The van der Waals surface area contributed by atoms with Crippen LogP contribution in [0.25, 0.3) is 10.9 Å². The predicted octanol–water partition coefficient (Wildman–Crippen LogP) is 4.34. The van der Waals surface area contributed by atoms with Gasteiger partial charge in [0, 0.05) is 28.8 Å². The Morgan fingerprint density at radius 2 is 2.06 bits per heavy atom. The van der Waals surface area contributed by atoms with Crippen molar-refractivity contribution >= 4 is 46.0 Å². The van der Waals surface area contributed by atoms with Crippen LogP contribution in [0.15, 0.2) is 52.4 Å². The van der Waals surface area contributed by atoms with Gasteiger partial charge in [-0.25, -0.2) is 4.98 Å². The lowest BCUT2D eigenvalue weighted by molar-refractivity contribution is 0.0936. The van der Waals surface area contributed by atoms with Gasteiger partial charge in [0.2, 0.25) is 0 Å². The van der Waals surface area contributed by atoms with Crippen molar-refractivity contribution in [2.24, 2.45) is 0 Å². The highest BCUT2D eigenvalue weighted by molar-refractivity contribution is 7.99. The highest BCUT2D eigenvalue weighted by Gasteiger charge is 2.21. The second-order valence-electron chi connectivity index (χ2n) is 8.53. The number of ketones is 1. The lowest BCUT2D eigenvalue weighted by atomic mass is 10.1. The second kappa shape index (κ2) is 10.7. The van der Waals surface area contributed by atoms with E-state index >= 15 is 0 Å². The van der Waals surface area contributed by atoms with Crippen LogP contribution in [-0.2, 0) is 11.3 Å². The number of Topliss-reactive ketones (excluding diaryl/α,β-unsaturated/α-hetero) is 1. The molecule has 1 unspecified atom stereocenters. The van der Waals surface area contributed by atoms with E-state index in [1.54, 1.807) is 47.0 Å². The zero-order valence-electron chi connectivity index (χ0n) is 19.0. The predicted molar refractivity (Wildman–Crippen MR) is 134 cm³/mol. The summed E-state index contributed by atoms with van der Waals surface area (Å²) in [5.74, 6) is -0.250. The lowest BCUT2D eigenvalue weighted by Gasteiger charge is -2.17. The molecule has 9 heteroatoms. The zero-order chi connectivity index (χ0) is 24.2. The average Bonchev–Trinajstić information content (AvgIpc) is 3.32. The molecule has 1 aliphatic heterocycles. The molecular formula is C25H26ClN3O4S. The molecule has 1 fully saturated rings. The molecule has 0 bridgehead atoms. The minimum Gasteiger partial charge on any atom is -0.376 e. The van der Waals surface area contributed by atoms with Crippen LogP contribution in [0, 0.1) is 0 Å². The number of ether oxygens (including phenoxy) is 1. The fourth-order valence-electron chi connectivity index (χ4n) is 3.83. The van der Waals surface area contributed by atoms with Crippen molar-refractivity contribution in [1.29, 1.82) is 0 Å². The number of nitrogens with zero attached hydrogens (tertiary/aromatic N) is 2. The van der Waals surface area contributed by atoms with E-state index in [9.17, 15) is 14.4 Å². The van der Waals surface area contributed by atoms with Gasteiger partial charge in [-0.3, -0.25) is 19.0 Å². The van der Waals surface area contributed by atoms with Crippen molar-refractivity contribution in [2.45, 2.75) is 50.5 Å². The molecule has 34 heavy (non-hydrogen) atoms. The van der Waals surface area contributed by atoms with Crippen LogP contribution in [-0.4, -0.2) is 45.7 Å². The number of thioether (sulfide) groups is 1. The van der Waals surface area contributed by atoms with Gasteiger partial charge in [0.1, 0.15) is 0 Å². The molecule has 1 N–H and O–H groups in total. The number of carbonyl (C=O) groups is 2. The van der Waals surface area contributed by atoms with Crippen LogP contribution in [0.2, 0.25) is 5.02 Å². The molecule has 2 aromatic carbocycles. The molecule has 7 nitrogen and oxygen atoms in total. The van der Waals surface area contributed by atoms with E-state index in [0.29, 0.717) is 45.4 Å². The molecule has 1 aliphatic rings. The second-order valence-corrected chi connectivity index (χ2v) is 9.91. The van der Waals surface area contributed by atoms with E-state index in [-0.39, 0.29) is 35.1 Å². The monoisotopic (exact) mass is 499 g/mol. The van der Waals surface area contributed by atoms with Gasteiger partial charge in [0.05, 0.1) is 29.3 Å². The molecule has 2 heterocycles. The molecule has 4 rings (SSSR count). The van der Waals surface area contributed by atoms with Crippen molar-refractivity contribution < 1.29 is 14.3 Å². The average molecular weight is 500 g/mol. The molecule has 3 aromatic rings. The number of aromatic nitrogens is 2. The summed E-state index contributed by atoms with van der Waals surface area (Å²) in [4.78, 5) is 43.3. The maximum atomic E-state index is 13.4. The fraction of sp³-hybridized carbons (Fsp3) is 0.360. The third kappa shape index (κ3) is 5.68. The number of amides is 1. The Morgan fingerprint density at radius 1 is 1.24 bits per heavy atom. The summed E-state index contributed by atoms with van der Waals surface area (Å²) < 4.78 is 7.33. The Morgan fingerprint density at radius 3 is 2.76 bits per heavy atom. The number of carbonyl (C=O) groups excluding carboxylic acids is 2. The minimum absolute atomic E-state index is 0.0146. The van der Waals surface area contributed by atoms with E-state index in [0.717, 1.165) is 12.8 Å². The summed E-state index contributed by atoms with van der Waals surface area (Å²) in [6, 6.07) is 11.6. The van der Waals surface area contributed by atoms with E-state index in [4.69, 9.17) is 21.3 Å². The van der Waals surface area contributed by atoms with Gasteiger partial charge in [-0.05, 0) is 57.0 Å². The van der Waals surface area contributed by atoms with Gasteiger partial charge in [0.25, 0.3) is 11.5 Å². The van der Waals surface area contributed by atoms with Crippen molar-refractivity contribution in [3.63, 3.8) is 0 Å². The first-order valence-corrected chi connectivity index (χ1v) is 12.6. The quantitative estimate of drug-likeness (QED) is 0.281. The Kier molecular flexibility index (Phi) is 7.70. The van der Waals surface area contributed by atoms with Gasteiger partial charge in [0.15, 0.2) is 10.9 Å². The molecule has 1 atom stereocenters. The number of hydrogen-bond donors (Lipinski definition) is 1. The molecule has 1 amide bonds. The lowest BCUT2D eigenvalue weighted by Crippen LogP contribution is -2.31. The number of benzene rings is 2. The zero-order valence-corrected chi connectivity index (χ0v) is 20.6. The van der Waals surface area contributed by atoms with Gasteiger partial charge in [-0.15, -0.1) is 0 Å². The van der Waals surface area contributed by atoms with Crippen molar-refractivity contribution in [3.05, 3.63) is 69.0 Å². The van der Waals surface area contributed by atoms with Gasteiger partial charge in [-0.1, -0.05) is 35.5 Å². The summed E-state index contributed by atoms with van der Waals surface area (Å²) in [5, 5.41) is 4.18. The van der Waals surface area contributed by atoms with Crippen LogP contribution < -0.4 is 10.9 Å². The Bertz CT molecular complexity index is 1280. The summed E-state index contributed by atoms with van der Waals surface area (Å²) in [5.41, 5.74) is 1.13. The Hall–Kier alpha value is -2.68. The number of fused-ring (bicyclic) bond motifs is 1. The van der Waals surface area contributed by atoms with Crippen LogP contribution in [0.5, 0.6) is 0 Å². The van der Waals surface area contributed by atoms with E-state index in [1.807, 2.05) is 13.8 Å². The third-order valence-electron chi connectivity index (χ3n) is 5.49. The third-order valence-corrected chi connectivity index (χ3v) is 6.70. The summed E-state index contributed by atoms with van der Waals surface area (Å²) in [6.45, 7) is 4.80.